The van der Waals surface area contributed by atoms with Gasteiger partial charge in [0.15, 0.2) is 11.5 Å². The van der Waals surface area contributed by atoms with Crippen molar-refractivity contribution in [2.75, 3.05) is 13.7 Å². The molecule has 2 rings (SSSR count). The van der Waals surface area contributed by atoms with E-state index in [-0.39, 0.29) is 16.8 Å². The minimum absolute atomic E-state index is 0.119. The van der Waals surface area contributed by atoms with Crippen LogP contribution in [-0.4, -0.2) is 30.8 Å². The molecule has 0 atom stereocenters. The zero-order chi connectivity index (χ0) is 19.8. The highest BCUT2D eigenvalue weighted by atomic mass is 16.6. The van der Waals surface area contributed by atoms with Gasteiger partial charge in [-0.05, 0) is 36.8 Å². The molecule has 0 spiro atoms. The highest BCUT2D eigenvalue weighted by molar-refractivity contribution is 5.97. The molecule has 0 heterocycles. The van der Waals surface area contributed by atoms with Crippen molar-refractivity contribution in [3.05, 3.63) is 75.9 Å². The van der Waals surface area contributed by atoms with Crippen molar-refractivity contribution in [2.24, 2.45) is 5.10 Å². The quantitative estimate of drug-likeness (QED) is 0.333. The Balaban J connectivity index is 2.11. The Morgan fingerprint density at radius 3 is 2.78 bits per heavy atom. The molecule has 0 radical (unpaired) electrons. The number of carbonyl (C=O) groups is 1. The predicted octanol–water partition coefficient (Wildman–Crippen LogP) is 3.24. The summed E-state index contributed by atoms with van der Waals surface area (Å²) < 4.78 is 10.7. The molecule has 0 aliphatic rings. The Morgan fingerprint density at radius 1 is 1.33 bits per heavy atom. The third-order valence-electron chi connectivity index (χ3n) is 3.67. The third-order valence-corrected chi connectivity index (χ3v) is 3.67. The van der Waals surface area contributed by atoms with Gasteiger partial charge in [0.05, 0.1) is 23.8 Å². The molecule has 140 valence electrons. The van der Waals surface area contributed by atoms with Crippen molar-refractivity contribution in [1.29, 1.82) is 0 Å². The van der Waals surface area contributed by atoms with Crippen LogP contribution >= 0.6 is 0 Å². The Morgan fingerprint density at radius 2 is 2.11 bits per heavy atom. The maximum Gasteiger partial charge on any atom is 0.273 e. The fourth-order valence-electron chi connectivity index (χ4n) is 2.33. The van der Waals surface area contributed by atoms with Crippen LogP contribution in [0.3, 0.4) is 0 Å². The Labute approximate surface area is 156 Å². The average Bonchev–Trinajstić information content (AvgIpc) is 2.66. The van der Waals surface area contributed by atoms with Crippen molar-refractivity contribution < 1.29 is 19.2 Å². The number of hydrogen-bond donors (Lipinski definition) is 1. The minimum Gasteiger partial charge on any atom is -0.493 e. The number of hydrogen-bond acceptors (Lipinski definition) is 6. The van der Waals surface area contributed by atoms with Gasteiger partial charge in [0, 0.05) is 11.6 Å². The summed E-state index contributed by atoms with van der Waals surface area (Å²) in [5.41, 5.74) is 3.38. The van der Waals surface area contributed by atoms with Crippen LogP contribution in [0.4, 0.5) is 5.69 Å². The number of benzene rings is 2. The van der Waals surface area contributed by atoms with Gasteiger partial charge >= 0.3 is 0 Å². The van der Waals surface area contributed by atoms with Crippen molar-refractivity contribution in [1.82, 2.24) is 5.43 Å². The standard InChI is InChI=1S/C19H19N3O5/c1-4-10-27-17-9-8-14(11-18(17)26-3)12-20-21-19(23)15-6-5-7-16(13(15)2)22(24)25/h4-9,11-12H,1,10H2,2-3H3,(H,21,23)/b20-12-. The van der Waals surface area contributed by atoms with E-state index in [4.69, 9.17) is 9.47 Å². The number of nitro benzene ring substituents is 1. The monoisotopic (exact) mass is 369 g/mol. The summed E-state index contributed by atoms with van der Waals surface area (Å²) in [5, 5.41) is 14.9. The van der Waals surface area contributed by atoms with Crippen LogP contribution in [0.15, 0.2) is 54.2 Å². The van der Waals surface area contributed by atoms with Crippen LogP contribution < -0.4 is 14.9 Å². The summed E-state index contributed by atoms with van der Waals surface area (Å²) in [6.07, 6.45) is 3.06. The fraction of sp³-hybridized carbons (Fsp3) is 0.158. The molecule has 8 heteroatoms. The van der Waals surface area contributed by atoms with Crippen LogP contribution in [0.2, 0.25) is 0 Å². The lowest BCUT2D eigenvalue weighted by molar-refractivity contribution is -0.385. The van der Waals surface area contributed by atoms with Gasteiger partial charge in [0.1, 0.15) is 6.61 Å². The molecule has 8 nitrogen and oxygen atoms in total. The number of methoxy groups -OCH3 is 1. The summed E-state index contributed by atoms with van der Waals surface area (Å²) in [4.78, 5) is 22.7. The lowest BCUT2D eigenvalue weighted by atomic mass is 10.1. The van der Waals surface area contributed by atoms with E-state index >= 15 is 0 Å². The van der Waals surface area contributed by atoms with Crippen LogP contribution in [0.5, 0.6) is 11.5 Å². The fourth-order valence-corrected chi connectivity index (χ4v) is 2.33. The molecule has 0 aliphatic heterocycles. The zero-order valence-electron chi connectivity index (χ0n) is 15.0. The van der Waals surface area contributed by atoms with E-state index in [2.05, 4.69) is 17.1 Å². The van der Waals surface area contributed by atoms with E-state index in [1.165, 1.54) is 38.4 Å². The first kappa shape index (κ1) is 19.6. The highest BCUT2D eigenvalue weighted by Crippen LogP contribution is 2.27. The molecule has 0 aliphatic carbocycles. The van der Waals surface area contributed by atoms with Gasteiger partial charge in [0.25, 0.3) is 11.6 Å². The summed E-state index contributed by atoms with van der Waals surface area (Å²) in [6, 6.07) is 9.47. The lowest BCUT2D eigenvalue weighted by Gasteiger charge is -2.09. The number of nitro groups is 1. The zero-order valence-corrected chi connectivity index (χ0v) is 15.0. The lowest BCUT2D eigenvalue weighted by Crippen LogP contribution is -2.19. The number of ether oxygens (including phenoxy) is 2. The summed E-state index contributed by atoms with van der Waals surface area (Å²) in [5.74, 6) is 0.540. The van der Waals surface area contributed by atoms with Crippen LogP contribution in [0, 0.1) is 17.0 Å². The molecule has 1 amide bonds. The van der Waals surface area contributed by atoms with E-state index in [0.29, 0.717) is 23.7 Å². The first-order valence-electron chi connectivity index (χ1n) is 7.97. The minimum atomic E-state index is -0.537. The maximum atomic E-state index is 12.2. The summed E-state index contributed by atoms with van der Waals surface area (Å²) >= 11 is 0. The molecular weight excluding hydrogens is 350 g/mol. The van der Waals surface area contributed by atoms with E-state index in [9.17, 15) is 14.9 Å². The molecule has 2 aromatic rings. The van der Waals surface area contributed by atoms with Crippen LogP contribution in [-0.2, 0) is 0 Å². The Kier molecular flexibility index (Phi) is 6.65. The number of amides is 1. The molecule has 0 saturated carbocycles. The second-order valence-electron chi connectivity index (χ2n) is 5.42. The van der Waals surface area contributed by atoms with Gasteiger partial charge in [-0.25, -0.2) is 5.43 Å². The SMILES string of the molecule is C=CCOc1ccc(/C=N\NC(=O)c2cccc([N+](=O)[O-])c2C)cc1OC. The second kappa shape index (κ2) is 9.14. The van der Waals surface area contributed by atoms with Gasteiger partial charge in [-0.2, -0.15) is 5.10 Å². The van der Waals surface area contributed by atoms with Gasteiger partial charge in [0.2, 0.25) is 0 Å². The number of hydrazone groups is 1. The topological polar surface area (TPSA) is 103 Å². The van der Waals surface area contributed by atoms with Gasteiger partial charge < -0.3 is 9.47 Å². The van der Waals surface area contributed by atoms with E-state index in [1.54, 1.807) is 24.3 Å². The molecule has 1 N–H and O–H groups in total. The second-order valence-corrected chi connectivity index (χ2v) is 5.42. The Hall–Kier alpha value is -3.68. The van der Waals surface area contributed by atoms with Crippen molar-refractivity contribution in [3.8, 4) is 11.5 Å². The van der Waals surface area contributed by atoms with Crippen molar-refractivity contribution in [2.45, 2.75) is 6.92 Å². The van der Waals surface area contributed by atoms with Crippen molar-refractivity contribution >= 4 is 17.8 Å². The number of nitrogens with zero attached hydrogens (tertiary/aromatic N) is 2. The van der Waals surface area contributed by atoms with Gasteiger partial charge in [-0.15, -0.1) is 0 Å². The first-order valence-corrected chi connectivity index (χ1v) is 7.97. The molecule has 0 saturated heterocycles. The normalized spacial score (nSPS) is 10.4. The smallest absolute Gasteiger partial charge is 0.273 e. The number of carbonyl (C=O) groups excluding carboxylic acids is 1. The van der Waals surface area contributed by atoms with E-state index < -0.39 is 10.8 Å². The van der Waals surface area contributed by atoms with Gasteiger partial charge in [-0.1, -0.05) is 18.7 Å². The predicted molar refractivity (Wildman–Crippen MR) is 102 cm³/mol. The molecule has 0 bridgehead atoms. The van der Waals surface area contributed by atoms with Crippen LogP contribution in [0.1, 0.15) is 21.5 Å². The third kappa shape index (κ3) is 4.91. The van der Waals surface area contributed by atoms with E-state index in [1.807, 2.05) is 0 Å². The largest absolute Gasteiger partial charge is 0.493 e. The number of nitrogens with one attached hydrogen (secondary N) is 1. The first-order chi connectivity index (χ1) is 13.0. The summed E-state index contributed by atoms with van der Waals surface area (Å²) in [7, 11) is 1.52. The molecule has 0 unspecified atom stereocenters. The molecular formula is C19H19N3O5. The van der Waals surface area contributed by atoms with Gasteiger partial charge in [-0.3, -0.25) is 14.9 Å². The Bertz CT molecular complexity index is 893. The van der Waals surface area contributed by atoms with Crippen molar-refractivity contribution in [3.63, 3.8) is 0 Å². The molecule has 2 aromatic carbocycles. The number of rotatable bonds is 8. The van der Waals surface area contributed by atoms with Crippen LogP contribution in [0.25, 0.3) is 0 Å². The van der Waals surface area contributed by atoms with E-state index in [0.717, 1.165) is 0 Å². The molecule has 27 heavy (non-hydrogen) atoms. The average molecular weight is 369 g/mol. The maximum absolute atomic E-state index is 12.2. The molecule has 0 fully saturated rings. The molecule has 0 aromatic heterocycles. The summed E-state index contributed by atoms with van der Waals surface area (Å²) in [6.45, 7) is 5.45. The highest BCUT2D eigenvalue weighted by Gasteiger charge is 2.17.